The van der Waals surface area contributed by atoms with Crippen LogP contribution in [0.25, 0.3) is 0 Å². The molecule has 1 aromatic carbocycles. The lowest BCUT2D eigenvalue weighted by Crippen LogP contribution is -2.54. The Morgan fingerprint density at radius 1 is 1.04 bits per heavy atom. The average molecular weight is 332 g/mol. The molecule has 4 nitrogen and oxygen atoms in total. The first-order chi connectivity index (χ1) is 11.8. The van der Waals surface area contributed by atoms with E-state index in [1.54, 1.807) is 6.07 Å². The van der Waals surface area contributed by atoms with Crippen LogP contribution in [0.15, 0.2) is 24.3 Å². The molecular weight excluding hydrogens is 300 g/mol. The van der Waals surface area contributed by atoms with Crippen LogP contribution in [0.4, 0.5) is 0 Å². The van der Waals surface area contributed by atoms with Gasteiger partial charge in [-0.15, -0.1) is 0 Å². The van der Waals surface area contributed by atoms with Crippen LogP contribution >= 0.6 is 0 Å². The highest BCUT2D eigenvalue weighted by Crippen LogP contribution is 2.27. The van der Waals surface area contributed by atoms with Crippen molar-refractivity contribution in [3.63, 3.8) is 0 Å². The number of hydrogen-bond donors (Lipinski definition) is 2. The van der Waals surface area contributed by atoms with Gasteiger partial charge >= 0.3 is 0 Å². The van der Waals surface area contributed by atoms with E-state index >= 15 is 0 Å². The summed E-state index contributed by atoms with van der Waals surface area (Å²) in [6.45, 7) is 5.37. The van der Waals surface area contributed by atoms with Gasteiger partial charge in [-0.2, -0.15) is 0 Å². The Bertz CT molecular complexity index is 502. The fraction of sp³-hybridized carbons (Fsp3) is 0.700. The third-order valence-corrected chi connectivity index (χ3v) is 5.75. The van der Waals surface area contributed by atoms with E-state index in [1.165, 1.54) is 38.6 Å². The summed E-state index contributed by atoms with van der Waals surface area (Å²) in [5.74, 6) is 1.24. The predicted molar refractivity (Wildman–Crippen MR) is 97.0 cm³/mol. The average Bonchev–Trinajstić information content (AvgIpc) is 2.60. The molecule has 1 aliphatic carbocycles. The number of phenolic OH excluding ortho intramolecular Hbond substituents is 1. The number of aliphatic hydroxyl groups excluding tert-OH is 1. The maximum atomic E-state index is 10.0. The molecule has 2 fully saturated rings. The zero-order valence-corrected chi connectivity index (χ0v) is 14.7. The fourth-order valence-corrected chi connectivity index (χ4v) is 4.35. The van der Waals surface area contributed by atoms with Crippen LogP contribution in [0, 0.1) is 5.92 Å². The third kappa shape index (κ3) is 4.71. The van der Waals surface area contributed by atoms with Crippen molar-refractivity contribution in [1.29, 1.82) is 0 Å². The number of nitrogens with zero attached hydrogens (tertiary/aromatic N) is 2. The molecule has 1 saturated heterocycles. The Morgan fingerprint density at radius 3 is 2.58 bits per heavy atom. The summed E-state index contributed by atoms with van der Waals surface area (Å²) in [7, 11) is 0. The molecule has 0 bridgehead atoms. The van der Waals surface area contributed by atoms with Crippen molar-refractivity contribution in [3.8, 4) is 5.75 Å². The molecular formula is C20H32N2O2. The molecule has 24 heavy (non-hydrogen) atoms. The lowest BCUT2D eigenvalue weighted by Gasteiger charge is -2.43. The van der Waals surface area contributed by atoms with Gasteiger partial charge in [-0.05, 0) is 31.2 Å². The third-order valence-electron chi connectivity index (χ3n) is 5.75. The molecule has 4 heteroatoms. The molecule has 1 atom stereocenters. The molecule has 2 N–H and O–H groups in total. The van der Waals surface area contributed by atoms with E-state index in [-0.39, 0.29) is 6.61 Å². The van der Waals surface area contributed by atoms with Crippen molar-refractivity contribution in [1.82, 2.24) is 9.80 Å². The Balaban J connectivity index is 1.57. The Kier molecular flexibility index (Phi) is 6.52. The van der Waals surface area contributed by atoms with E-state index in [4.69, 9.17) is 0 Å². The zero-order chi connectivity index (χ0) is 16.8. The van der Waals surface area contributed by atoms with Gasteiger partial charge in [0, 0.05) is 50.9 Å². The minimum absolute atomic E-state index is 0.260. The summed E-state index contributed by atoms with van der Waals surface area (Å²) in [5.41, 5.74) is 1.00. The van der Waals surface area contributed by atoms with Gasteiger partial charge in [0.05, 0.1) is 0 Å². The van der Waals surface area contributed by atoms with E-state index in [2.05, 4.69) is 9.80 Å². The number of phenols is 1. The van der Waals surface area contributed by atoms with Crippen LogP contribution < -0.4 is 0 Å². The summed E-state index contributed by atoms with van der Waals surface area (Å²) < 4.78 is 0. The normalized spacial score (nSPS) is 24.3. The van der Waals surface area contributed by atoms with Crippen molar-refractivity contribution in [2.24, 2.45) is 5.92 Å². The van der Waals surface area contributed by atoms with E-state index in [0.29, 0.717) is 11.8 Å². The SMILES string of the molecule is OCCC1CN(Cc2ccccc2O)CCN1CC1CCCCC1. The summed E-state index contributed by atoms with van der Waals surface area (Å²) in [6, 6.07) is 8.07. The molecule has 2 aliphatic rings. The van der Waals surface area contributed by atoms with Crippen molar-refractivity contribution in [2.45, 2.75) is 51.1 Å². The standard InChI is InChI=1S/C20H32N2O2/c23-13-10-19-16-21(15-18-8-4-5-9-20(18)24)11-12-22(19)14-17-6-2-1-3-7-17/h4-5,8-9,17,19,23-24H,1-3,6-7,10-16H2. The van der Waals surface area contributed by atoms with Gasteiger partial charge in [0.25, 0.3) is 0 Å². The molecule has 0 aromatic heterocycles. The van der Waals surface area contributed by atoms with Crippen molar-refractivity contribution in [2.75, 3.05) is 32.8 Å². The summed E-state index contributed by atoms with van der Waals surface area (Å²) in [4.78, 5) is 5.04. The highest BCUT2D eigenvalue weighted by molar-refractivity contribution is 5.31. The minimum Gasteiger partial charge on any atom is -0.508 e. The largest absolute Gasteiger partial charge is 0.508 e. The van der Waals surface area contributed by atoms with Crippen LogP contribution in [-0.2, 0) is 6.54 Å². The number of rotatable bonds is 6. The van der Waals surface area contributed by atoms with Gasteiger partial charge in [0.1, 0.15) is 5.75 Å². The number of hydrogen-bond acceptors (Lipinski definition) is 4. The molecule has 0 amide bonds. The highest BCUT2D eigenvalue weighted by atomic mass is 16.3. The number of aromatic hydroxyl groups is 1. The van der Waals surface area contributed by atoms with Crippen LogP contribution in [0.5, 0.6) is 5.75 Å². The molecule has 1 heterocycles. The Labute approximate surface area is 146 Å². The predicted octanol–water partition coefficient (Wildman–Crippen LogP) is 2.84. The summed E-state index contributed by atoms with van der Waals surface area (Å²) in [5, 5.41) is 19.5. The van der Waals surface area contributed by atoms with Gasteiger partial charge < -0.3 is 10.2 Å². The molecule has 1 aromatic rings. The van der Waals surface area contributed by atoms with Gasteiger partial charge in [0.2, 0.25) is 0 Å². The van der Waals surface area contributed by atoms with Gasteiger partial charge in [-0.1, -0.05) is 37.5 Å². The van der Waals surface area contributed by atoms with Crippen LogP contribution in [0.2, 0.25) is 0 Å². The first-order valence-corrected chi connectivity index (χ1v) is 9.60. The van der Waals surface area contributed by atoms with Crippen molar-refractivity contribution >= 4 is 0 Å². The topological polar surface area (TPSA) is 46.9 Å². The number of benzene rings is 1. The molecule has 134 valence electrons. The van der Waals surface area contributed by atoms with Gasteiger partial charge in [0.15, 0.2) is 0 Å². The molecule has 0 radical (unpaired) electrons. The van der Waals surface area contributed by atoms with Gasteiger partial charge in [-0.3, -0.25) is 9.80 Å². The second-order valence-electron chi connectivity index (χ2n) is 7.53. The lowest BCUT2D eigenvalue weighted by molar-refractivity contribution is 0.0397. The maximum absolute atomic E-state index is 10.0. The van der Waals surface area contributed by atoms with Crippen LogP contribution in [-0.4, -0.2) is 58.8 Å². The monoisotopic (exact) mass is 332 g/mol. The van der Waals surface area contributed by atoms with Crippen molar-refractivity contribution in [3.05, 3.63) is 29.8 Å². The molecule has 3 rings (SSSR count). The minimum atomic E-state index is 0.260. The number of aliphatic hydroxyl groups is 1. The van der Waals surface area contributed by atoms with E-state index < -0.39 is 0 Å². The second kappa shape index (κ2) is 8.84. The van der Waals surface area contributed by atoms with E-state index in [1.807, 2.05) is 18.2 Å². The first kappa shape index (κ1) is 17.7. The number of piperazine rings is 1. The van der Waals surface area contributed by atoms with Crippen LogP contribution in [0.3, 0.4) is 0 Å². The lowest BCUT2D eigenvalue weighted by atomic mass is 9.88. The summed E-state index contributed by atoms with van der Waals surface area (Å²) >= 11 is 0. The van der Waals surface area contributed by atoms with Crippen molar-refractivity contribution < 1.29 is 10.2 Å². The Morgan fingerprint density at radius 2 is 1.83 bits per heavy atom. The first-order valence-electron chi connectivity index (χ1n) is 9.60. The van der Waals surface area contributed by atoms with E-state index in [0.717, 1.165) is 44.1 Å². The fourth-order valence-electron chi connectivity index (χ4n) is 4.35. The van der Waals surface area contributed by atoms with E-state index in [9.17, 15) is 10.2 Å². The molecule has 1 saturated carbocycles. The zero-order valence-electron chi connectivity index (χ0n) is 14.7. The smallest absolute Gasteiger partial charge is 0.120 e. The molecule has 0 spiro atoms. The van der Waals surface area contributed by atoms with Gasteiger partial charge in [-0.25, -0.2) is 0 Å². The maximum Gasteiger partial charge on any atom is 0.120 e. The molecule has 1 unspecified atom stereocenters. The number of para-hydroxylation sites is 1. The Hall–Kier alpha value is -1.10. The summed E-state index contributed by atoms with van der Waals surface area (Å²) in [6.07, 6.45) is 7.80. The second-order valence-corrected chi connectivity index (χ2v) is 7.53. The highest BCUT2D eigenvalue weighted by Gasteiger charge is 2.29. The van der Waals surface area contributed by atoms with Crippen LogP contribution in [0.1, 0.15) is 44.1 Å². The molecule has 1 aliphatic heterocycles. The quantitative estimate of drug-likeness (QED) is 0.841.